The van der Waals surface area contributed by atoms with E-state index in [0.717, 1.165) is 31.4 Å². The number of fused-ring (bicyclic) bond motifs is 5. The fourth-order valence-corrected chi connectivity index (χ4v) is 5.70. The van der Waals surface area contributed by atoms with Crippen molar-refractivity contribution >= 4 is 0 Å². The van der Waals surface area contributed by atoms with E-state index in [1.165, 1.54) is 11.1 Å². The molecule has 1 unspecified atom stereocenters. The fraction of sp³-hybridized carbons (Fsp3) is 0.684. The molecule has 4 aliphatic rings. The molecule has 2 fully saturated rings. The summed E-state index contributed by atoms with van der Waals surface area (Å²) >= 11 is 0. The molecule has 0 bridgehead atoms. The number of hydrogen-bond acceptors (Lipinski definition) is 3. The molecule has 120 valence electrons. The summed E-state index contributed by atoms with van der Waals surface area (Å²) in [6.07, 6.45) is 10.5. The van der Waals surface area contributed by atoms with E-state index < -0.39 is 0 Å². The molecule has 0 amide bonds. The summed E-state index contributed by atoms with van der Waals surface area (Å²) in [6, 6.07) is 0. The van der Waals surface area contributed by atoms with E-state index in [2.05, 4.69) is 26.0 Å². The van der Waals surface area contributed by atoms with Gasteiger partial charge in [-0.05, 0) is 55.6 Å². The smallest absolute Gasteiger partial charge is 0.0758 e. The summed E-state index contributed by atoms with van der Waals surface area (Å²) in [7, 11) is 0. The first kappa shape index (κ1) is 14.5. The van der Waals surface area contributed by atoms with Crippen molar-refractivity contribution in [2.45, 2.75) is 58.2 Å². The van der Waals surface area contributed by atoms with Crippen LogP contribution in [0.25, 0.3) is 0 Å². The Bertz CT molecular complexity index is 605. The second kappa shape index (κ2) is 4.48. The summed E-state index contributed by atoms with van der Waals surface area (Å²) in [5, 5.41) is 20.4. The molecule has 6 atom stereocenters. The third-order valence-corrected chi connectivity index (χ3v) is 7.18. The van der Waals surface area contributed by atoms with Gasteiger partial charge in [0.25, 0.3) is 0 Å². The highest BCUT2D eigenvalue weighted by Crippen LogP contribution is 2.62. The third-order valence-electron chi connectivity index (χ3n) is 7.18. The number of aliphatic hydroxyl groups excluding tert-OH is 2. The first-order chi connectivity index (χ1) is 10.4. The van der Waals surface area contributed by atoms with E-state index in [1.807, 2.05) is 6.08 Å². The van der Waals surface area contributed by atoms with E-state index >= 15 is 0 Å². The van der Waals surface area contributed by atoms with Crippen molar-refractivity contribution in [1.29, 1.82) is 0 Å². The summed E-state index contributed by atoms with van der Waals surface area (Å²) in [6.45, 7) is 4.54. The van der Waals surface area contributed by atoms with Gasteiger partial charge >= 0.3 is 0 Å². The Kier molecular flexibility index (Phi) is 2.96. The van der Waals surface area contributed by atoms with Gasteiger partial charge < -0.3 is 15.9 Å². The van der Waals surface area contributed by atoms with E-state index in [4.69, 9.17) is 5.73 Å². The lowest BCUT2D eigenvalue weighted by atomic mass is 9.52. The normalized spacial score (nSPS) is 50.3. The average molecular weight is 301 g/mol. The molecule has 4 rings (SSSR count). The van der Waals surface area contributed by atoms with Crippen LogP contribution in [-0.2, 0) is 0 Å². The van der Waals surface area contributed by atoms with Gasteiger partial charge in [-0.3, -0.25) is 0 Å². The minimum Gasteiger partial charge on any atom is -0.399 e. The zero-order valence-electron chi connectivity index (χ0n) is 13.5. The SMILES string of the molecule is C[C@]12CC[C@H]3C(=C(N)C=C4CC(O)C=C[C@@]43C)[C@@H]1CC[C@@H]2O. The molecule has 0 spiro atoms. The van der Waals surface area contributed by atoms with Gasteiger partial charge in [-0.2, -0.15) is 0 Å². The molecule has 4 aliphatic carbocycles. The molecule has 3 heteroatoms. The summed E-state index contributed by atoms with van der Waals surface area (Å²) in [4.78, 5) is 0. The van der Waals surface area contributed by atoms with Crippen LogP contribution in [0.4, 0.5) is 0 Å². The lowest BCUT2D eigenvalue weighted by Gasteiger charge is -2.53. The van der Waals surface area contributed by atoms with Crippen LogP contribution >= 0.6 is 0 Å². The maximum absolute atomic E-state index is 10.5. The molecule has 4 N–H and O–H groups in total. The Labute approximate surface area is 132 Å². The van der Waals surface area contributed by atoms with Crippen molar-refractivity contribution in [1.82, 2.24) is 0 Å². The van der Waals surface area contributed by atoms with Crippen molar-refractivity contribution < 1.29 is 10.2 Å². The minimum absolute atomic E-state index is 0.00392. The second-order valence-electron chi connectivity index (χ2n) is 8.24. The quantitative estimate of drug-likeness (QED) is 0.603. The first-order valence-electron chi connectivity index (χ1n) is 8.62. The topological polar surface area (TPSA) is 66.5 Å². The Morgan fingerprint density at radius 1 is 1.14 bits per heavy atom. The first-order valence-corrected chi connectivity index (χ1v) is 8.62. The van der Waals surface area contributed by atoms with Gasteiger partial charge in [-0.1, -0.05) is 31.6 Å². The fourth-order valence-electron chi connectivity index (χ4n) is 5.70. The van der Waals surface area contributed by atoms with Crippen molar-refractivity contribution in [3.8, 4) is 0 Å². The number of nitrogens with two attached hydrogens (primary N) is 1. The highest BCUT2D eigenvalue weighted by atomic mass is 16.3. The average Bonchev–Trinajstić information content (AvgIpc) is 2.77. The van der Waals surface area contributed by atoms with Gasteiger partial charge in [0, 0.05) is 16.5 Å². The molecule has 3 nitrogen and oxygen atoms in total. The maximum atomic E-state index is 10.5. The largest absolute Gasteiger partial charge is 0.399 e. The van der Waals surface area contributed by atoms with Crippen LogP contribution in [0.3, 0.4) is 0 Å². The molecule has 0 aliphatic heterocycles. The molecule has 0 aromatic heterocycles. The van der Waals surface area contributed by atoms with Crippen LogP contribution in [0.15, 0.2) is 35.1 Å². The molecular formula is C19H27NO2. The van der Waals surface area contributed by atoms with Crippen molar-refractivity contribution in [2.75, 3.05) is 0 Å². The predicted octanol–water partition coefficient (Wildman–Crippen LogP) is 2.65. The molecular weight excluding hydrogens is 274 g/mol. The van der Waals surface area contributed by atoms with Crippen molar-refractivity contribution in [2.24, 2.45) is 28.4 Å². The van der Waals surface area contributed by atoms with Gasteiger partial charge in [0.05, 0.1) is 12.2 Å². The summed E-state index contributed by atoms with van der Waals surface area (Å²) < 4.78 is 0. The highest BCUT2D eigenvalue weighted by Gasteiger charge is 2.56. The molecule has 0 radical (unpaired) electrons. The van der Waals surface area contributed by atoms with E-state index in [-0.39, 0.29) is 23.0 Å². The number of aliphatic hydroxyl groups is 2. The van der Waals surface area contributed by atoms with Gasteiger partial charge in [-0.25, -0.2) is 0 Å². The van der Waals surface area contributed by atoms with E-state index in [1.54, 1.807) is 0 Å². The van der Waals surface area contributed by atoms with Crippen LogP contribution in [0.1, 0.15) is 46.0 Å². The monoisotopic (exact) mass is 301 g/mol. The molecule has 0 heterocycles. The Morgan fingerprint density at radius 3 is 2.68 bits per heavy atom. The zero-order chi connectivity index (χ0) is 15.7. The van der Waals surface area contributed by atoms with E-state index in [0.29, 0.717) is 18.3 Å². The van der Waals surface area contributed by atoms with Gasteiger partial charge in [0.15, 0.2) is 0 Å². The zero-order valence-corrected chi connectivity index (χ0v) is 13.5. The number of allylic oxidation sites excluding steroid dienone is 3. The van der Waals surface area contributed by atoms with E-state index in [9.17, 15) is 10.2 Å². The van der Waals surface area contributed by atoms with Gasteiger partial charge in [0.2, 0.25) is 0 Å². The Morgan fingerprint density at radius 2 is 1.91 bits per heavy atom. The van der Waals surface area contributed by atoms with Crippen LogP contribution < -0.4 is 5.73 Å². The lowest BCUT2D eigenvalue weighted by Crippen LogP contribution is -2.47. The maximum Gasteiger partial charge on any atom is 0.0758 e. The molecule has 0 saturated heterocycles. The Hall–Kier alpha value is -1.06. The second-order valence-corrected chi connectivity index (χ2v) is 8.24. The number of rotatable bonds is 0. The van der Waals surface area contributed by atoms with Crippen molar-refractivity contribution in [3.05, 3.63) is 35.1 Å². The minimum atomic E-state index is -0.379. The van der Waals surface area contributed by atoms with Crippen LogP contribution in [0.5, 0.6) is 0 Å². The molecule has 0 aromatic rings. The number of hydrogen-bond donors (Lipinski definition) is 3. The molecule has 2 saturated carbocycles. The van der Waals surface area contributed by atoms with Gasteiger partial charge in [0.1, 0.15) is 0 Å². The lowest BCUT2D eigenvalue weighted by molar-refractivity contribution is 0.0121. The molecule has 22 heavy (non-hydrogen) atoms. The predicted molar refractivity (Wildman–Crippen MR) is 86.7 cm³/mol. The van der Waals surface area contributed by atoms with Crippen LogP contribution in [0.2, 0.25) is 0 Å². The summed E-state index contributed by atoms with van der Waals surface area (Å²) in [5.74, 6) is 0.843. The van der Waals surface area contributed by atoms with Crippen LogP contribution in [0, 0.1) is 22.7 Å². The third kappa shape index (κ3) is 1.70. The summed E-state index contributed by atoms with van der Waals surface area (Å²) in [5.41, 5.74) is 10.0. The Balaban J connectivity index is 1.83. The van der Waals surface area contributed by atoms with Gasteiger partial charge in [-0.15, -0.1) is 0 Å². The molecule has 0 aromatic carbocycles. The standard InChI is InChI=1S/C19H27NO2/c1-18-7-5-12(21)9-11(18)10-15(20)17-13-3-4-16(22)19(13,2)8-6-14(17)18/h5,7,10,12-14,16,21-22H,3-4,6,8-9,20H2,1-2H3/t12?,13-,14-,16-,18-,19-/m0/s1. The van der Waals surface area contributed by atoms with Crippen molar-refractivity contribution in [3.63, 3.8) is 0 Å². The van der Waals surface area contributed by atoms with Crippen LogP contribution in [-0.4, -0.2) is 22.4 Å². The highest BCUT2D eigenvalue weighted by molar-refractivity contribution is 5.46.